The van der Waals surface area contributed by atoms with Gasteiger partial charge in [-0.25, -0.2) is 4.98 Å². The van der Waals surface area contributed by atoms with Gasteiger partial charge in [0.1, 0.15) is 0 Å². The van der Waals surface area contributed by atoms with Crippen molar-refractivity contribution in [2.75, 3.05) is 11.1 Å². The molecule has 1 atom stereocenters. The van der Waals surface area contributed by atoms with Gasteiger partial charge in [-0.15, -0.1) is 11.8 Å². The predicted molar refractivity (Wildman–Crippen MR) is 150 cm³/mol. The summed E-state index contributed by atoms with van der Waals surface area (Å²) in [6.07, 6.45) is 12.4. The molecule has 1 saturated carbocycles. The van der Waals surface area contributed by atoms with Crippen LogP contribution in [0.1, 0.15) is 91.0 Å². The third-order valence-electron chi connectivity index (χ3n) is 5.95. The number of carbonyl (C=O) groups excluding carboxylic acids is 1. The van der Waals surface area contributed by atoms with Crippen molar-refractivity contribution in [1.82, 2.24) is 4.98 Å². The number of aromatic nitrogens is 1. The number of anilines is 1. The van der Waals surface area contributed by atoms with Gasteiger partial charge >= 0.3 is 5.97 Å². The van der Waals surface area contributed by atoms with Gasteiger partial charge in [0.2, 0.25) is 5.91 Å². The maximum absolute atomic E-state index is 12.1. The number of nitrogens with one attached hydrogen (secondary N) is 1. The molecule has 0 radical (unpaired) electrons. The quantitative estimate of drug-likeness (QED) is 0.291. The van der Waals surface area contributed by atoms with E-state index in [0.717, 1.165) is 16.5 Å². The highest BCUT2D eigenvalue weighted by molar-refractivity contribution is 8.01. The van der Waals surface area contributed by atoms with Crippen LogP contribution in [0, 0.1) is 11.8 Å². The molecule has 1 aliphatic carbocycles. The monoisotopic (exact) mass is 520 g/mol. The van der Waals surface area contributed by atoms with Gasteiger partial charge in [0.05, 0.1) is 16.8 Å². The summed E-state index contributed by atoms with van der Waals surface area (Å²) in [4.78, 5) is 26.8. The molecule has 0 aliphatic heterocycles. The normalized spacial score (nSPS) is 14.1. The van der Waals surface area contributed by atoms with E-state index in [2.05, 4.69) is 54.5 Å². The summed E-state index contributed by atoms with van der Waals surface area (Å²) in [5.41, 5.74) is 1.44. The van der Waals surface area contributed by atoms with E-state index in [4.69, 9.17) is 5.11 Å². The van der Waals surface area contributed by atoms with E-state index in [1.54, 1.807) is 6.20 Å². The number of carboxylic acids is 1. The van der Waals surface area contributed by atoms with E-state index in [1.165, 1.54) is 73.6 Å². The fraction of sp³-hybridized carbons (Fsp3) is 0.607. The highest BCUT2D eigenvalue weighted by atomic mass is 32.2. The molecule has 1 amide bonds. The number of hydrogen-bond acceptors (Lipinski definition) is 5. The summed E-state index contributed by atoms with van der Waals surface area (Å²) in [6, 6.07) is 10.6. The van der Waals surface area contributed by atoms with Crippen molar-refractivity contribution >= 4 is 40.1 Å². The van der Waals surface area contributed by atoms with Crippen LogP contribution in [0.3, 0.4) is 0 Å². The Morgan fingerprint density at radius 1 is 1.14 bits per heavy atom. The molecular weight excluding hydrogens is 476 g/mol. The second-order valence-electron chi connectivity index (χ2n) is 8.67. The molecule has 7 heteroatoms. The van der Waals surface area contributed by atoms with Crippen LogP contribution in [0.2, 0.25) is 0 Å². The zero-order valence-corrected chi connectivity index (χ0v) is 23.6. The van der Waals surface area contributed by atoms with Gasteiger partial charge in [-0.05, 0) is 30.2 Å². The number of carbonyl (C=O) groups is 2. The summed E-state index contributed by atoms with van der Waals surface area (Å²) < 4.78 is 0.933. The molecule has 1 fully saturated rings. The Bertz CT molecular complexity index is 821. The molecule has 0 spiro atoms. The lowest BCUT2D eigenvalue weighted by Crippen LogP contribution is -2.18. The zero-order chi connectivity index (χ0) is 25.9. The van der Waals surface area contributed by atoms with Crippen molar-refractivity contribution in [1.29, 1.82) is 0 Å². The molecule has 1 aromatic heterocycles. The molecule has 2 aromatic rings. The Balaban J connectivity index is 0.000000464. The van der Waals surface area contributed by atoms with Crippen molar-refractivity contribution in [3.63, 3.8) is 0 Å². The minimum absolute atomic E-state index is 0.0223. The molecule has 2 N–H and O–H groups in total. The number of thiazole rings is 1. The first-order valence-electron chi connectivity index (χ1n) is 13.1. The summed E-state index contributed by atoms with van der Waals surface area (Å²) >= 11 is 2.86. The zero-order valence-electron chi connectivity index (χ0n) is 21.9. The van der Waals surface area contributed by atoms with Crippen molar-refractivity contribution < 1.29 is 14.7 Å². The Hall–Kier alpha value is -1.86. The molecule has 196 valence electrons. The van der Waals surface area contributed by atoms with E-state index in [9.17, 15) is 9.59 Å². The smallest absolute Gasteiger partial charge is 0.304 e. The highest BCUT2D eigenvalue weighted by Crippen LogP contribution is 2.32. The summed E-state index contributed by atoms with van der Waals surface area (Å²) in [5.74, 6) is 1.13. The number of nitrogens with zero attached hydrogens (tertiary/aromatic N) is 1. The van der Waals surface area contributed by atoms with Gasteiger partial charge in [-0.2, -0.15) is 0 Å². The number of benzene rings is 1. The lowest BCUT2D eigenvalue weighted by Gasteiger charge is -2.27. The largest absolute Gasteiger partial charge is 0.481 e. The van der Waals surface area contributed by atoms with E-state index in [0.29, 0.717) is 23.2 Å². The van der Waals surface area contributed by atoms with Crippen molar-refractivity contribution in [2.24, 2.45) is 11.8 Å². The van der Waals surface area contributed by atoms with Gasteiger partial charge in [-0.3, -0.25) is 9.59 Å². The molecule has 35 heavy (non-hydrogen) atoms. The van der Waals surface area contributed by atoms with Crippen LogP contribution in [-0.4, -0.2) is 27.7 Å². The van der Waals surface area contributed by atoms with Crippen LogP contribution >= 0.6 is 23.1 Å². The van der Waals surface area contributed by atoms with E-state index in [1.807, 2.05) is 13.8 Å². The van der Waals surface area contributed by atoms with Gasteiger partial charge < -0.3 is 10.4 Å². The molecule has 0 saturated heterocycles. The molecule has 1 heterocycles. The fourth-order valence-corrected chi connectivity index (χ4v) is 5.93. The highest BCUT2D eigenvalue weighted by Gasteiger charge is 2.20. The van der Waals surface area contributed by atoms with Crippen LogP contribution in [0.5, 0.6) is 0 Å². The second-order valence-corrected chi connectivity index (χ2v) is 11.1. The number of hydrogen-bond donors (Lipinski definition) is 2. The molecule has 3 rings (SSSR count). The van der Waals surface area contributed by atoms with Crippen LogP contribution < -0.4 is 5.32 Å². The first-order chi connectivity index (χ1) is 17.0. The molecular formula is C28H44N2O3S2. The third-order valence-corrected chi connectivity index (χ3v) is 8.06. The number of amides is 1. The fourth-order valence-electron chi connectivity index (χ4n) is 4.04. The first-order valence-corrected chi connectivity index (χ1v) is 14.9. The SMILES string of the molecule is CC.CC(CCC(=O)Nc1ncc(SCCC(=O)O)s1)C1CCCCC1.CCCc1ccccc1. The summed E-state index contributed by atoms with van der Waals surface area (Å²) in [6.45, 7) is 8.47. The Morgan fingerprint density at radius 3 is 2.46 bits per heavy atom. The van der Waals surface area contributed by atoms with Crippen LogP contribution in [0.15, 0.2) is 40.7 Å². The summed E-state index contributed by atoms with van der Waals surface area (Å²) in [5, 5.41) is 12.1. The van der Waals surface area contributed by atoms with Gasteiger partial charge in [0.15, 0.2) is 5.13 Å². The topological polar surface area (TPSA) is 79.3 Å². The number of aryl methyl sites for hydroxylation is 1. The number of thioether (sulfide) groups is 1. The van der Waals surface area contributed by atoms with Crippen LogP contribution in [-0.2, 0) is 16.0 Å². The minimum Gasteiger partial charge on any atom is -0.481 e. The predicted octanol–water partition coefficient (Wildman–Crippen LogP) is 8.31. The molecule has 1 aromatic carbocycles. The number of carboxylic acid groups (broad SMARTS) is 1. The van der Waals surface area contributed by atoms with Crippen LogP contribution in [0.25, 0.3) is 0 Å². The average Bonchev–Trinajstić information content (AvgIpc) is 3.32. The molecule has 1 aliphatic rings. The van der Waals surface area contributed by atoms with Crippen LogP contribution in [0.4, 0.5) is 5.13 Å². The molecule has 1 unspecified atom stereocenters. The standard InChI is InChI=1S/C17H26N2O3S2.C9H12.C2H6/c1-12(13-5-3-2-4-6-13)7-8-14(20)19-17-18-11-16(24-17)23-10-9-15(21)22;1-2-6-9-7-4-3-5-8-9;1-2/h11-13H,2-10H2,1H3,(H,21,22)(H,18,19,20);3-5,7-8H,2,6H2,1H3;1-2H3. The Labute approximate surface area is 220 Å². The minimum atomic E-state index is -0.798. The summed E-state index contributed by atoms with van der Waals surface area (Å²) in [7, 11) is 0. The van der Waals surface area contributed by atoms with E-state index in [-0.39, 0.29) is 12.3 Å². The first kappa shape index (κ1) is 31.2. The van der Waals surface area contributed by atoms with E-state index >= 15 is 0 Å². The lowest BCUT2D eigenvalue weighted by atomic mass is 9.79. The lowest BCUT2D eigenvalue weighted by molar-refractivity contribution is -0.136. The van der Waals surface area contributed by atoms with Gasteiger partial charge in [-0.1, -0.05) is 108 Å². The maximum Gasteiger partial charge on any atom is 0.304 e. The number of aliphatic carboxylic acids is 1. The molecule has 0 bridgehead atoms. The van der Waals surface area contributed by atoms with Crippen molar-refractivity contribution in [2.45, 2.75) is 96.1 Å². The second kappa shape index (κ2) is 19.3. The maximum atomic E-state index is 12.1. The number of rotatable bonds is 11. The van der Waals surface area contributed by atoms with Crippen molar-refractivity contribution in [3.05, 3.63) is 42.1 Å². The molecule has 5 nitrogen and oxygen atoms in total. The Morgan fingerprint density at radius 2 is 1.83 bits per heavy atom. The van der Waals surface area contributed by atoms with Gasteiger partial charge in [0, 0.05) is 12.2 Å². The van der Waals surface area contributed by atoms with Gasteiger partial charge in [0.25, 0.3) is 0 Å². The third kappa shape index (κ3) is 14.3. The Kier molecular flexibility index (Phi) is 17.2. The van der Waals surface area contributed by atoms with E-state index < -0.39 is 5.97 Å². The average molecular weight is 521 g/mol. The van der Waals surface area contributed by atoms with Crippen molar-refractivity contribution in [3.8, 4) is 0 Å².